The third kappa shape index (κ3) is 6.39. The zero-order valence-electron chi connectivity index (χ0n) is 27.2. The SMILES string of the molecule is C[C@@H]1CCC(c2nc(-c3ccc(-c4ccc(-c5nc(C6CCCN6C(=O)[C@H](NC=O)C6CCCOC6)[nH]c5Cl)cc4)cc3)c(Cl)[nH]2)N1C. The monoisotopic (exact) mass is 689 g/mol. The zero-order valence-corrected chi connectivity index (χ0v) is 28.7. The summed E-state index contributed by atoms with van der Waals surface area (Å²) < 4.78 is 5.62. The molecule has 2 aromatic carbocycles. The standard InChI is InChI=1S/C36H41Cl2N7O3/c1-21-7-16-27(44(21)2)34-40-29(32(37)42-34)24-12-8-22(9-13-24)23-10-14-25(15-11-23)30-33(38)43-35(41-30)28-6-3-17-45(28)36(47)31(39-20-46)26-5-4-18-48-19-26/h8-15,20-21,26-28,31H,3-7,16-19H2,1-2H3,(H,39,46)(H,40,42)(H,41,43)/t21-,26?,27?,28?,31-/m1/s1. The van der Waals surface area contributed by atoms with Gasteiger partial charge in [0.2, 0.25) is 12.3 Å². The molecule has 0 radical (unpaired) electrons. The Hall–Kier alpha value is -3.70. The zero-order chi connectivity index (χ0) is 33.4. The van der Waals surface area contributed by atoms with Crippen LogP contribution in [0.15, 0.2) is 48.5 Å². The largest absolute Gasteiger partial charge is 0.381 e. The minimum absolute atomic E-state index is 0.0491. The Morgan fingerprint density at radius 1 is 0.875 bits per heavy atom. The number of nitrogens with zero attached hydrogens (tertiary/aromatic N) is 4. The number of ether oxygens (including phenoxy) is 1. The van der Waals surface area contributed by atoms with Crippen molar-refractivity contribution in [2.24, 2.45) is 5.92 Å². The molecule has 3 N–H and O–H groups in total. The van der Waals surface area contributed by atoms with Crippen LogP contribution in [0.25, 0.3) is 33.6 Å². The quantitative estimate of drug-likeness (QED) is 0.166. The van der Waals surface area contributed by atoms with Gasteiger partial charge in [-0.15, -0.1) is 0 Å². The van der Waals surface area contributed by atoms with E-state index in [0.29, 0.717) is 54.0 Å². The first-order valence-electron chi connectivity index (χ1n) is 16.8. The van der Waals surface area contributed by atoms with Crippen molar-refractivity contribution in [1.82, 2.24) is 35.1 Å². The minimum atomic E-state index is -0.619. The lowest BCUT2D eigenvalue weighted by atomic mass is 9.92. The van der Waals surface area contributed by atoms with Gasteiger partial charge in [-0.1, -0.05) is 71.7 Å². The maximum Gasteiger partial charge on any atom is 0.246 e. The van der Waals surface area contributed by atoms with Crippen LogP contribution in [0.5, 0.6) is 0 Å². The van der Waals surface area contributed by atoms with Gasteiger partial charge < -0.3 is 24.9 Å². The van der Waals surface area contributed by atoms with Crippen LogP contribution in [-0.2, 0) is 14.3 Å². The molecule has 0 aliphatic carbocycles. The first-order valence-corrected chi connectivity index (χ1v) is 17.6. The van der Waals surface area contributed by atoms with Crippen LogP contribution in [0.1, 0.15) is 69.2 Å². The number of hydrogen-bond donors (Lipinski definition) is 3. The third-order valence-electron chi connectivity index (χ3n) is 10.4. The molecule has 48 heavy (non-hydrogen) atoms. The summed E-state index contributed by atoms with van der Waals surface area (Å²) in [4.78, 5) is 45.6. The average Bonchev–Trinajstić information content (AvgIpc) is 3.91. The number of H-pyrrole nitrogens is 2. The number of benzene rings is 2. The molecule has 3 saturated heterocycles. The summed E-state index contributed by atoms with van der Waals surface area (Å²) in [7, 11) is 2.14. The van der Waals surface area contributed by atoms with Gasteiger partial charge in [-0.05, 0) is 63.6 Å². The summed E-state index contributed by atoms with van der Waals surface area (Å²) in [5.41, 5.74) is 5.37. The van der Waals surface area contributed by atoms with Gasteiger partial charge in [0.15, 0.2) is 0 Å². The minimum Gasteiger partial charge on any atom is -0.381 e. The summed E-state index contributed by atoms with van der Waals surface area (Å²) in [6, 6.07) is 16.3. The van der Waals surface area contributed by atoms with E-state index in [0.717, 1.165) is 72.3 Å². The summed E-state index contributed by atoms with van der Waals surface area (Å²) in [6.45, 7) is 3.99. The Kier molecular flexibility index (Phi) is 9.60. The number of halogens is 2. The van der Waals surface area contributed by atoms with E-state index in [9.17, 15) is 9.59 Å². The molecular weight excluding hydrogens is 649 g/mol. The lowest BCUT2D eigenvalue weighted by molar-refractivity contribution is -0.139. The highest BCUT2D eigenvalue weighted by atomic mass is 35.5. The van der Waals surface area contributed by atoms with Crippen molar-refractivity contribution in [1.29, 1.82) is 0 Å². The molecule has 0 spiro atoms. The van der Waals surface area contributed by atoms with Crippen LogP contribution in [-0.4, -0.2) is 80.9 Å². The normalized spacial score (nSPS) is 23.8. The summed E-state index contributed by atoms with van der Waals surface area (Å²) in [5, 5.41) is 3.76. The van der Waals surface area contributed by atoms with Gasteiger partial charge in [-0.3, -0.25) is 14.5 Å². The number of amides is 2. The van der Waals surface area contributed by atoms with Gasteiger partial charge >= 0.3 is 0 Å². The van der Waals surface area contributed by atoms with E-state index in [1.54, 1.807) is 0 Å². The second-order valence-electron chi connectivity index (χ2n) is 13.3. The average molecular weight is 691 g/mol. The van der Waals surface area contributed by atoms with Gasteiger partial charge in [0.05, 0.1) is 18.7 Å². The summed E-state index contributed by atoms with van der Waals surface area (Å²) in [6.07, 6.45) is 6.15. The fraction of sp³-hybridized carbons (Fsp3) is 0.444. The highest BCUT2D eigenvalue weighted by Crippen LogP contribution is 2.38. The number of aromatic amines is 2. The molecule has 3 fully saturated rings. The van der Waals surface area contributed by atoms with Gasteiger partial charge in [0, 0.05) is 36.2 Å². The van der Waals surface area contributed by atoms with Crippen molar-refractivity contribution in [3.8, 4) is 33.6 Å². The highest BCUT2D eigenvalue weighted by Gasteiger charge is 2.39. The highest BCUT2D eigenvalue weighted by molar-refractivity contribution is 6.32. The van der Waals surface area contributed by atoms with Crippen molar-refractivity contribution in [2.45, 2.75) is 69.6 Å². The first kappa shape index (κ1) is 32.8. The maximum absolute atomic E-state index is 13.7. The van der Waals surface area contributed by atoms with E-state index in [1.807, 2.05) is 17.0 Å². The van der Waals surface area contributed by atoms with Gasteiger partial charge in [0.1, 0.15) is 39.4 Å². The molecule has 4 aromatic rings. The number of carbonyl (C=O) groups excluding carboxylic acids is 2. The molecule has 3 aliphatic rings. The number of nitrogens with one attached hydrogen (secondary N) is 3. The molecule has 2 aromatic heterocycles. The second-order valence-corrected chi connectivity index (χ2v) is 14.0. The second kappa shape index (κ2) is 14.0. The van der Waals surface area contributed by atoms with Gasteiger partial charge in [-0.2, -0.15) is 0 Å². The Morgan fingerprint density at radius 2 is 1.46 bits per heavy atom. The van der Waals surface area contributed by atoms with E-state index >= 15 is 0 Å². The molecule has 7 rings (SSSR count). The third-order valence-corrected chi connectivity index (χ3v) is 10.9. The van der Waals surface area contributed by atoms with Crippen LogP contribution in [0.3, 0.4) is 0 Å². The van der Waals surface area contributed by atoms with E-state index in [1.165, 1.54) is 0 Å². The molecular formula is C36H41Cl2N7O3. The Morgan fingerprint density at radius 3 is 1.98 bits per heavy atom. The molecule has 5 heterocycles. The van der Waals surface area contributed by atoms with E-state index in [2.05, 4.69) is 70.6 Å². The van der Waals surface area contributed by atoms with Crippen LogP contribution in [0.4, 0.5) is 0 Å². The number of rotatable bonds is 9. The van der Waals surface area contributed by atoms with E-state index < -0.39 is 6.04 Å². The molecule has 3 aliphatic heterocycles. The Bertz CT molecular complexity index is 1750. The molecule has 0 bridgehead atoms. The lowest BCUT2D eigenvalue weighted by Gasteiger charge is -2.33. The smallest absolute Gasteiger partial charge is 0.246 e. The molecule has 3 unspecified atom stereocenters. The fourth-order valence-corrected chi connectivity index (χ4v) is 8.02. The van der Waals surface area contributed by atoms with Crippen molar-refractivity contribution < 1.29 is 14.3 Å². The van der Waals surface area contributed by atoms with Gasteiger partial charge in [-0.25, -0.2) is 9.97 Å². The summed E-state index contributed by atoms with van der Waals surface area (Å²) in [5.74, 6) is 1.42. The van der Waals surface area contributed by atoms with Crippen molar-refractivity contribution in [3.05, 3.63) is 70.5 Å². The number of carbonyl (C=O) groups is 2. The van der Waals surface area contributed by atoms with Crippen LogP contribution < -0.4 is 5.32 Å². The van der Waals surface area contributed by atoms with Crippen LogP contribution in [0, 0.1) is 5.92 Å². The van der Waals surface area contributed by atoms with Crippen molar-refractivity contribution in [3.63, 3.8) is 0 Å². The fourth-order valence-electron chi connectivity index (χ4n) is 7.52. The molecule has 2 amide bonds. The van der Waals surface area contributed by atoms with Crippen LogP contribution in [0.2, 0.25) is 10.3 Å². The van der Waals surface area contributed by atoms with Crippen molar-refractivity contribution in [2.75, 3.05) is 26.8 Å². The molecule has 12 heteroatoms. The van der Waals surface area contributed by atoms with Crippen LogP contribution >= 0.6 is 23.2 Å². The Balaban J connectivity index is 1.05. The Labute approximate surface area is 290 Å². The number of hydrogen-bond acceptors (Lipinski definition) is 6. The molecule has 252 valence electrons. The topological polar surface area (TPSA) is 119 Å². The van der Waals surface area contributed by atoms with E-state index in [4.69, 9.17) is 37.9 Å². The molecule has 0 saturated carbocycles. The maximum atomic E-state index is 13.7. The lowest BCUT2D eigenvalue weighted by Crippen LogP contribution is -2.51. The number of imidazole rings is 2. The molecule has 10 nitrogen and oxygen atoms in total. The number of aromatic nitrogens is 4. The summed E-state index contributed by atoms with van der Waals surface area (Å²) >= 11 is 13.3. The van der Waals surface area contributed by atoms with Crippen molar-refractivity contribution >= 4 is 35.5 Å². The van der Waals surface area contributed by atoms with E-state index in [-0.39, 0.29) is 23.9 Å². The van der Waals surface area contributed by atoms with Gasteiger partial charge in [0.25, 0.3) is 0 Å². The number of likely N-dealkylation sites (tertiary alicyclic amines) is 2. The predicted octanol–water partition coefficient (Wildman–Crippen LogP) is 6.80. The first-order chi connectivity index (χ1) is 23.3. The predicted molar refractivity (Wildman–Crippen MR) is 186 cm³/mol. The molecule has 5 atom stereocenters.